The summed E-state index contributed by atoms with van der Waals surface area (Å²) in [6.07, 6.45) is -5.07. The average Bonchev–Trinajstić information content (AvgIpc) is 2.29. The van der Waals surface area contributed by atoms with E-state index in [2.05, 4.69) is 15.9 Å². The summed E-state index contributed by atoms with van der Waals surface area (Å²) < 4.78 is 39.3. The van der Waals surface area contributed by atoms with Crippen molar-refractivity contribution < 1.29 is 23.4 Å². The molecule has 0 radical (unpaired) electrons. The number of rotatable bonds is 5. The molecule has 2 nitrogen and oxygen atoms in total. The molecule has 0 saturated heterocycles. The smallest absolute Gasteiger partial charge is 0.393 e. The van der Waals surface area contributed by atoms with Crippen LogP contribution in [0.3, 0.4) is 0 Å². The summed E-state index contributed by atoms with van der Waals surface area (Å²) >= 11 is 3.35. The minimum absolute atomic E-state index is 0.354. The first kappa shape index (κ1) is 17.5. The van der Waals surface area contributed by atoms with Crippen LogP contribution in [0.25, 0.3) is 0 Å². The lowest BCUT2D eigenvalue weighted by Gasteiger charge is -2.36. The van der Waals surface area contributed by atoms with E-state index in [0.29, 0.717) is 6.42 Å². The second-order valence-electron chi connectivity index (χ2n) is 5.80. The number of hydrogen-bond acceptors (Lipinski definition) is 2. The quantitative estimate of drug-likeness (QED) is 0.846. The SMILES string of the molecule is CC(C)(Cc1ccccc1Br)CC(O)(CO)C(F)(F)F. The van der Waals surface area contributed by atoms with E-state index in [1.54, 1.807) is 19.9 Å². The minimum Gasteiger partial charge on any atom is -0.393 e. The molecule has 114 valence electrons. The fourth-order valence-corrected chi connectivity index (χ4v) is 2.68. The van der Waals surface area contributed by atoms with Gasteiger partial charge in [-0.2, -0.15) is 13.2 Å². The summed E-state index contributed by atoms with van der Waals surface area (Å²) in [6.45, 7) is 1.94. The molecular formula is C14H18BrF3O2. The van der Waals surface area contributed by atoms with Gasteiger partial charge in [-0.1, -0.05) is 48.0 Å². The maximum Gasteiger partial charge on any atom is 0.419 e. The molecule has 0 aliphatic rings. The van der Waals surface area contributed by atoms with Gasteiger partial charge in [-0.15, -0.1) is 0 Å². The highest BCUT2D eigenvalue weighted by Crippen LogP contribution is 2.41. The van der Waals surface area contributed by atoms with Gasteiger partial charge in [-0.3, -0.25) is 0 Å². The molecule has 0 amide bonds. The molecule has 0 aliphatic heterocycles. The molecule has 0 saturated carbocycles. The zero-order valence-electron chi connectivity index (χ0n) is 11.3. The van der Waals surface area contributed by atoms with Crippen molar-refractivity contribution >= 4 is 15.9 Å². The van der Waals surface area contributed by atoms with Gasteiger partial charge >= 0.3 is 6.18 Å². The maximum atomic E-state index is 12.8. The first-order chi connectivity index (χ1) is 9.01. The van der Waals surface area contributed by atoms with E-state index < -0.39 is 30.2 Å². The van der Waals surface area contributed by atoms with E-state index in [0.717, 1.165) is 10.0 Å². The van der Waals surface area contributed by atoms with Crippen molar-refractivity contribution in [3.63, 3.8) is 0 Å². The van der Waals surface area contributed by atoms with Crippen molar-refractivity contribution in [2.75, 3.05) is 6.61 Å². The van der Waals surface area contributed by atoms with Crippen LogP contribution in [0, 0.1) is 5.41 Å². The number of benzene rings is 1. The number of hydrogen-bond donors (Lipinski definition) is 2. The summed E-state index contributed by atoms with van der Waals surface area (Å²) in [4.78, 5) is 0. The minimum atomic E-state index is -4.85. The van der Waals surface area contributed by atoms with Gasteiger partial charge in [0.05, 0.1) is 6.61 Å². The van der Waals surface area contributed by atoms with Crippen LogP contribution in [0.1, 0.15) is 25.8 Å². The van der Waals surface area contributed by atoms with Gasteiger partial charge in [0.25, 0.3) is 0 Å². The van der Waals surface area contributed by atoms with Gasteiger partial charge in [0.1, 0.15) is 0 Å². The Morgan fingerprint density at radius 2 is 1.70 bits per heavy atom. The lowest BCUT2D eigenvalue weighted by Crippen LogP contribution is -2.51. The molecule has 1 rings (SSSR count). The van der Waals surface area contributed by atoms with E-state index in [4.69, 9.17) is 5.11 Å². The van der Waals surface area contributed by atoms with Gasteiger partial charge in [0.15, 0.2) is 5.60 Å². The molecule has 1 aromatic carbocycles. The predicted octanol–water partition coefficient (Wildman–Crippen LogP) is 3.69. The van der Waals surface area contributed by atoms with Crippen molar-refractivity contribution in [2.45, 2.75) is 38.5 Å². The summed E-state index contributed by atoms with van der Waals surface area (Å²) in [5.74, 6) is 0. The van der Waals surface area contributed by atoms with Crippen molar-refractivity contribution in [3.8, 4) is 0 Å². The summed E-state index contributed by atoms with van der Waals surface area (Å²) in [5, 5.41) is 18.6. The number of aliphatic hydroxyl groups excluding tert-OH is 1. The van der Waals surface area contributed by atoms with Gasteiger partial charge in [-0.25, -0.2) is 0 Å². The van der Waals surface area contributed by atoms with Gasteiger partial charge in [0.2, 0.25) is 0 Å². The van der Waals surface area contributed by atoms with Crippen LogP contribution in [0.5, 0.6) is 0 Å². The van der Waals surface area contributed by atoms with Crippen molar-refractivity contribution in [3.05, 3.63) is 34.3 Å². The summed E-state index contributed by atoms with van der Waals surface area (Å²) in [6, 6.07) is 7.25. The Bertz CT molecular complexity index is 460. The Balaban J connectivity index is 2.92. The van der Waals surface area contributed by atoms with E-state index in [9.17, 15) is 18.3 Å². The maximum absolute atomic E-state index is 12.8. The van der Waals surface area contributed by atoms with E-state index >= 15 is 0 Å². The number of alkyl halides is 3. The van der Waals surface area contributed by atoms with Crippen LogP contribution in [-0.2, 0) is 6.42 Å². The average molecular weight is 355 g/mol. The van der Waals surface area contributed by atoms with E-state index in [-0.39, 0.29) is 0 Å². The first-order valence-corrected chi connectivity index (χ1v) is 6.93. The highest BCUT2D eigenvalue weighted by atomic mass is 79.9. The molecule has 0 aromatic heterocycles. The van der Waals surface area contributed by atoms with Crippen molar-refractivity contribution in [1.82, 2.24) is 0 Å². The second-order valence-corrected chi connectivity index (χ2v) is 6.65. The lowest BCUT2D eigenvalue weighted by atomic mass is 9.76. The molecule has 0 aliphatic carbocycles. The second kappa shape index (κ2) is 6.03. The fraction of sp³-hybridized carbons (Fsp3) is 0.571. The third kappa shape index (κ3) is 4.20. The summed E-state index contributed by atoms with van der Waals surface area (Å²) in [7, 11) is 0. The number of aliphatic hydroxyl groups is 2. The standard InChI is InChI=1S/C14H18BrF3O2/c1-12(2,7-10-5-3-4-6-11(10)15)8-13(20,9-19)14(16,17)18/h3-6,19-20H,7-9H2,1-2H3. The van der Waals surface area contributed by atoms with Gasteiger partial charge < -0.3 is 10.2 Å². The van der Waals surface area contributed by atoms with Gasteiger partial charge in [0, 0.05) is 4.47 Å². The third-order valence-corrected chi connectivity index (χ3v) is 3.96. The molecular weight excluding hydrogens is 337 g/mol. The third-order valence-electron chi connectivity index (χ3n) is 3.19. The largest absolute Gasteiger partial charge is 0.419 e. The van der Waals surface area contributed by atoms with E-state index in [1.165, 1.54) is 0 Å². The first-order valence-electron chi connectivity index (χ1n) is 6.14. The van der Waals surface area contributed by atoms with Crippen LogP contribution in [0.15, 0.2) is 28.7 Å². The Morgan fingerprint density at radius 1 is 1.15 bits per heavy atom. The zero-order valence-corrected chi connectivity index (χ0v) is 12.9. The zero-order chi connectivity index (χ0) is 15.6. The molecule has 0 bridgehead atoms. The lowest BCUT2D eigenvalue weighted by molar-refractivity contribution is -0.280. The Morgan fingerprint density at radius 3 is 2.15 bits per heavy atom. The Labute approximate surface area is 124 Å². The summed E-state index contributed by atoms with van der Waals surface area (Å²) in [5.41, 5.74) is -3.03. The highest BCUT2D eigenvalue weighted by Gasteiger charge is 2.55. The van der Waals surface area contributed by atoms with Crippen LogP contribution in [0.4, 0.5) is 13.2 Å². The number of halogens is 4. The van der Waals surface area contributed by atoms with Crippen molar-refractivity contribution in [1.29, 1.82) is 0 Å². The Kier molecular flexibility index (Phi) is 5.27. The fourth-order valence-electron chi connectivity index (χ4n) is 2.26. The molecule has 6 heteroatoms. The monoisotopic (exact) mass is 354 g/mol. The van der Waals surface area contributed by atoms with E-state index in [1.807, 2.05) is 18.2 Å². The van der Waals surface area contributed by atoms with Crippen LogP contribution >= 0.6 is 15.9 Å². The van der Waals surface area contributed by atoms with Crippen LogP contribution < -0.4 is 0 Å². The molecule has 20 heavy (non-hydrogen) atoms. The van der Waals surface area contributed by atoms with Crippen LogP contribution in [0.2, 0.25) is 0 Å². The molecule has 1 aromatic rings. The topological polar surface area (TPSA) is 40.5 Å². The van der Waals surface area contributed by atoms with Crippen LogP contribution in [-0.4, -0.2) is 28.6 Å². The molecule has 0 fully saturated rings. The molecule has 0 heterocycles. The molecule has 1 unspecified atom stereocenters. The highest BCUT2D eigenvalue weighted by molar-refractivity contribution is 9.10. The Hall–Kier alpha value is -0.590. The predicted molar refractivity (Wildman–Crippen MR) is 74.3 cm³/mol. The molecule has 1 atom stereocenters. The van der Waals surface area contributed by atoms with Gasteiger partial charge in [-0.05, 0) is 29.9 Å². The normalized spacial score (nSPS) is 16.0. The molecule has 2 N–H and O–H groups in total. The van der Waals surface area contributed by atoms with Crippen molar-refractivity contribution in [2.24, 2.45) is 5.41 Å². The molecule has 0 spiro atoms.